The molecule has 0 radical (unpaired) electrons. The fraction of sp³-hybridized carbons (Fsp3) is 0.143. The average Bonchev–Trinajstić information content (AvgIpc) is 3.06. The highest BCUT2D eigenvalue weighted by Crippen LogP contribution is 2.17. The van der Waals surface area contributed by atoms with Crippen LogP contribution < -0.4 is 11.1 Å². The molecular formula is C14H15N5O. The first kappa shape index (κ1) is 12.3. The lowest BCUT2D eigenvalue weighted by Crippen LogP contribution is -2.25. The van der Waals surface area contributed by atoms with E-state index >= 15 is 0 Å². The zero-order chi connectivity index (χ0) is 13.9. The van der Waals surface area contributed by atoms with E-state index in [9.17, 15) is 4.79 Å². The third-order valence-electron chi connectivity index (χ3n) is 3.20. The molecule has 20 heavy (non-hydrogen) atoms. The quantitative estimate of drug-likeness (QED) is 0.576. The number of nitrogens with zero attached hydrogens (tertiary/aromatic N) is 1. The molecule has 3 rings (SSSR count). The molecule has 0 aliphatic rings. The average molecular weight is 269 g/mol. The normalized spacial score (nSPS) is 10.8. The van der Waals surface area contributed by atoms with E-state index in [0.717, 1.165) is 11.9 Å². The van der Waals surface area contributed by atoms with Crippen molar-refractivity contribution in [2.45, 2.75) is 6.42 Å². The summed E-state index contributed by atoms with van der Waals surface area (Å²) in [7, 11) is 0. The molecule has 0 saturated carbocycles. The van der Waals surface area contributed by atoms with E-state index in [1.807, 2.05) is 24.4 Å². The highest BCUT2D eigenvalue weighted by atomic mass is 16.1. The fourth-order valence-corrected chi connectivity index (χ4v) is 2.20. The molecule has 0 aliphatic carbocycles. The second kappa shape index (κ2) is 5.08. The van der Waals surface area contributed by atoms with Gasteiger partial charge in [-0.05, 0) is 18.1 Å². The number of nitrogens with two attached hydrogens (primary N) is 1. The molecule has 102 valence electrons. The Hall–Kier alpha value is -2.76. The van der Waals surface area contributed by atoms with E-state index in [1.165, 1.54) is 17.0 Å². The van der Waals surface area contributed by atoms with Gasteiger partial charge in [0.15, 0.2) is 0 Å². The number of aromatic amines is 2. The minimum absolute atomic E-state index is 0.200. The number of para-hydroxylation sites is 1. The third kappa shape index (κ3) is 2.35. The molecule has 0 saturated heterocycles. The summed E-state index contributed by atoms with van der Waals surface area (Å²) in [5, 5.41) is 10.3. The molecule has 0 unspecified atom stereocenters. The lowest BCUT2D eigenvalue weighted by Gasteiger charge is -2.02. The fourth-order valence-electron chi connectivity index (χ4n) is 2.20. The van der Waals surface area contributed by atoms with E-state index in [2.05, 4.69) is 26.6 Å². The molecule has 6 nitrogen and oxygen atoms in total. The van der Waals surface area contributed by atoms with Gasteiger partial charge in [-0.2, -0.15) is 5.10 Å². The zero-order valence-electron chi connectivity index (χ0n) is 10.8. The molecule has 1 amide bonds. The highest BCUT2D eigenvalue weighted by Gasteiger charge is 2.08. The molecule has 0 atom stereocenters. The maximum atomic E-state index is 11.8. The molecule has 1 aromatic carbocycles. The Balaban J connectivity index is 1.61. The largest absolute Gasteiger partial charge is 0.382 e. The number of nitrogen functional groups attached to an aromatic ring is 1. The molecule has 3 aromatic rings. The van der Waals surface area contributed by atoms with Gasteiger partial charge in [-0.3, -0.25) is 9.89 Å². The first-order valence-electron chi connectivity index (χ1n) is 6.38. The molecule has 0 fully saturated rings. The molecule has 6 heteroatoms. The van der Waals surface area contributed by atoms with E-state index in [1.54, 1.807) is 0 Å². The van der Waals surface area contributed by atoms with Crippen LogP contribution in [0.2, 0.25) is 0 Å². The van der Waals surface area contributed by atoms with Crippen molar-refractivity contribution in [1.29, 1.82) is 0 Å². The van der Waals surface area contributed by atoms with Gasteiger partial charge < -0.3 is 16.0 Å². The first-order valence-corrected chi connectivity index (χ1v) is 6.38. The number of carbonyl (C=O) groups is 1. The standard InChI is InChI=1S/C14H15N5O/c15-13-7-12(18-19-13)14(20)16-6-5-9-8-17-11-4-2-1-3-10(9)11/h1-4,7-8,17H,5-6H2,(H,16,20)(H3,15,18,19). The highest BCUT2D eigenvalue weighted by molar-refractivity contribution is 5.93. The van der Waals surface area contributed by atoms with Crippen LogP contribution in [-0.4, -0.2) is 27.6 Å². The zero-order valence-corrected chi connectivity index (χ0v) is 10.8. The molecular weight excluding hydrogens is 254 g/mol. The van der Waals surface area contributed by atoms with E-state index in [4.69, 9.17) is 5.73 Å². The molecule has 0 bridgehead atoms. The minimum atomic E-state index is -0.200. The second-order valence-electron chi connectivity index (χ2n) is 4.57. The summed E-state index contributed by atoms with van der Waals surface area (Å²) in [6.07, 6.45) is 2.74. The number of benzene rings is 1. The Labute approximate surface area is 115 Å². The van der Waals surface area contributed by atoms with Gasteiger partial charge in [0.2, 0.25) is 0 Å². The molecule has 0 spiro atoms. The maximum absolute atomic E-state index is 11.8. The Bertz CT molecular complexity index is 743. The molecule has 0 aliphatic heterocycles. The number of nitrogens with one attached hydrogen (secondary N) is 3. The van der Waals surface area contributed by atoms with Crippen molar-refractivity contribution in [3.8, 4) is 0 Å². The molecule has 2 aromatic heterocycles. The van der Waals surface area contributed by atoms with Crippen molar-refractivity contribution in [2.24, 2.45) is 0 Å². The Kier molecular flexibility index (Phi) is 3.12. The van der Waals surface area contributed by atoms with Gasteiger partial charge in [-0.15, -0.1) is 0 Å². The smallest absolute Gasteiger partial charge is 0.269 e. The van der Waals surface area contributed by atoms with Gasteiger partial charge in [-0.25, -0.2) is 0 Å². The van der Waals surface area contributed by atoms with Crippen molar-refractivity contribution in [3.05, 3.63) is 47.8 Å². The number of hydrogen-bond donors (Lipinski definition) is 4. The predicted octanol–water partition coefficient (Wildman–Crippen LogP) is 1.45. The van der Waals surface area contributed by atoms with Crippen molar-refractivity contribution >= 4 is 22.6 Å². The number of aromatic nitrogens is 3. The third-order valence-corrected chi connectivity index (χ3v) is 3.20. The summed E-state index contributed by atoms with van der Waals surface area (Å²) < 4.78 is 0. The molecule has 2 heterocycles. The number of rotatable bonds is 4. The number of H-pyrrole nitrogens is 2. The maximum Gasteiger partial charge on any atom is 0.269 e. The van der Waals surface area contributed by atoms with Gasteiger partial charge in [0.25, 0.3) is 5.91 Å². The Morgan fingerprint density at radius 1 is 1.35 bits per heavy atom. The van der Waals surface area contributed by atoms with Crippen LogP contribution in [-0.2, 0) is 6.42 Å². The van der Waals surface area contributed by atoms with Crippen LogP contribution in [0.1, 0.15) is 16.1 Å². The summed E-state index contributed by atoms with van der Waals surface area (Å²) in [4.78, 5) is 15.0. The van der Waals surface area contributed by atoms with Crippen LogP contribution in [0, 0.1) is 0 Å². The van der Waals surface area contributed by atoms with Gasteiger partial charge >= 0.3 is 0 Å². The minimum Gasteiger partial charge on any atom is -0.382 e. The lowest BCUT2D eigenvalue weighted by molar-refractivity contribution is 0.0949. The number of hydrogen-bond acceptors (Lipinski definition) is 3. The lowest BCUT2D eigenvalue weighted by atomic mass is 10.1. The second-order valence-corrected chi connectivity index (χ2v) is 4.57. The predicted molar refractivity (Wildman–Crippen MR) is 77.3 cm³/mol. The topological polar surface area (TPSA) is 99.6 Å². The number of fused-ring (bicyclic) bond motifs is 1. The summed E-state index contributed by atoms with van der Waals surface area (Å²) in [5.74, 6) is 0.112. The van der Waals surface area contributed by atoms with Crippen molar-refractivity contribution in [1.82, 2.24) is 20.5 Å². The van der Waals surface area contributed by atoms with Gasteiger partial charge in [0.1, 0.15) is 11.5 Å². The summed E-state index contributed by atoms with van der Waals surface area (Å²) in [5.41, 5.74) is 8.13. The van der Waals surface area contributed by atoms with Gasteiger partial charge in [0, 0.05) is 29.7 Å². The number of carbonyl (C=O) groups excluding carboxylic acids is 1. The summed E-state index contributed by atoms with van der Waals surface area (Å²) >= 11 is 0. The Morgan fingerprint density at radius 2 is 2.20 bits per heavy atom. The van der Waals surface area contributed by atoms with Gasteiger partial charge in [-0.1, -0.05) is 18.2 Å². The van der Waals surface area contributed by atoms with Gasteiger partial charge in [0.05, 0.1) is 0 Å². The number of anilines is 1. The van der Waals surface area contributed by atoms with Crippen molar-refractivity contribution in [3.63, 3.8) is 0 Å². The summed E-state index contributed by atoms with van der Waals surface area (Å²) in [6, 6.07) is 9.61. The first-order chi connectivity index (χ1) is 9.74. The van der Waals surface area contributed by atoms with Crippen molar-refractivity contribution in [2.75, 3.05) is 12.3 Å². The number of amides is 1. The van der Waals surface area contributed by atoms with Crippen LogP contribution in [0.25, 0.3) is 10.9 Å². The monoisotopic (exact) mass is 269 g/mol. The van der Waals surface area contributed by atoms with Crippen molar-refractivity contribution < 1.29 is 4.79 Å². The van der Waals surface area contributed by atoms with Crippen LogP contribution in [0.3, 0.4) is 0 Å². The molecule has 5 N–H and O–H groups in total. The van der Waals surface area contributed by atoms with Crippen LogP contribution in [0.15, 0.2) is 36.5 Å². The van der Waals surface area contributed by atoms with E-state index in [0.29, 0.717) is 18.1 Å². The van der Waals surface area contributed by atoms with Crippen LogP contribution >= 0.6 is 0 Å². The van der Waals surface area contributed by atoms with E-state index < -0.39 is 0 Å². The van der Waals surface area contributed by atoms with E-state index in [-0.39, 0.29) is 5.91 Å². The van der Waals surface area contributed by atoms with Crippen LogP contribution in [0.4, 0.5) is 5.82 Å². The van der Waals surface area contributed by atoms with Crippen LogP contribution in [0.5, 0.6) is 0 Å². The summed E-state index contributed by atoms with van der Waals surface area (Å²) in [6.45, 7) is 0.555. The Morgan fingerprint density at radius 3 is 3.00 bits per heavy atom. The SMILES string of the molecule is Nc1cc(C(=O)NCCc2c[nH]c3ccccc23)[nH]n1.